The Hall–Kier alpha value is -1.62. The molecule has 1 aromatic heterocycles. The summed E-state index contributed by atoms with van der Waals surface area (Å²) >= 11 is 3.53. The van der Waals surface area contributed by atoms with Crippen molar-refractivity contribution in [3.8, 4) is 11.6 Å². The second-order valence-electron chi connectivity index (χ2n) is 5.30. The Morgan fingerprint density at radius 2 is 1.90 bits per heavy atom. The maximum atomic E-state index is 5.99. The van der Waals surface area contributed by atoms with Gasteiger partial charge in [0.15, 0.2) is 0 Å². The van der Waals surface area contributed by atoms with Crippen LogP contribution in [0.15, 0.2) is 22.7 Å². The highest BCUT2D eigenvalue weighted by Gasteiger charge is 2.15. The quantitative estimate of drug-likeness (QED) is 0.859. The number of rotatable bonds is 4. The standard InChI is InChI=1S/C16H20BrN3O/c1-9(2)14-19-15(18-5)11(4)16(20-14)21-13-7-6-10(3)8-12(13)17/h6-9H,1-5H3,(H,18,19,20). The van der Waals surface area contributed by atoms with E-state index in [0.717, 1.165) is 27.4 Å². The van der Waals surface area contributed by atoms with Crippen molar-refractivity contribution in [3.63, 3.8) is 0 Å². The summed E-state index contributed by atoms with van der Waals surface area (Å²) in [5, 5.41) is 3.10. The Balaban J connectivity index is 2.45. The Morgan fingerprint density at radius 3 is 2.48 bits per heavy atom. The summed E-state index contributed by atoms with van der Waals surface area (Å²) in [7, 11) is 1.85. The summed E-state index contributed by atoms with van der Waals surface area (Å²) in [5.41, 5.74) is 2.07. The second kappa shape index (κ2) is 6.43. The van der Waals surface area contributed by atoms with E-state index in [-0.39, 0.29) is 5.92 Å². The number of aryl methyl sites for hydroxylation is 1. The van der Waals surface area contributed by atoms with Gasteiger partial charge in [0, 0.05) is 13.0 Å². The monoisotopic (exact) mass is 349 g/mol. The number of nitrogens with zero attached hydrogens (tertiary/aromatic N) is 2. The average Bonchev–Trinajstić information content (AvgIpc) is 2.43. The molecule has 0 atom stereocenters. The van der Waals surface area contributed by atoms with Gasteiger partial charge in [-0.3, -0.25) is 0 Å². The molecule has 0 saturated carbocycles. The van der Waals surface area contributed by atoms with Gasteiger partial charge in [-0.2, -0.15) is 4.98 Å². The van der Waals surface area contributed by atoms with Crippen LogP contribution in [0.25, 0.3) is 0 Å². The largest absolute Gasteiger partial charge is 0.437 e. The highest BCUT2D eigenvalue weighted by Crippen LogP contribution is 2.33. The lowest BCUT2D eigenvalue weighted by molar-refractivity contribution is 0.450. The van der Waals surface area contributed by atoms with E-state index in [2.05, 4.69) is 45.1 Å². The van der Waals surface area contributed by atoms with E-state index in [9.17, 15) is 0 Å². The van der Waals surface area contributed by atoms with Crippen LogP contribution in [-0.4, -0.2) is 17.0 Å². The van der Waals surface area contributed by atoms with Gasteiger partial charge in [-0.15, -0.1) is 0 Å². The Morgan fingerprint density at radius 1 is 1.19 bits per heavy atom. The summed E-state index contributed by atoms with van der Waals surface area (Å²) in [6.07, 6.45) is 0. The SMILES string of the molecule is CNc1nc(C(C)C)nc(Oc2ccc(C)cc2Br)c1C. The highest BCUT2D eigenvalue weighted by molar-refractivity contribution is 9.10. The molecule has 5 heteroatoms. The third-order valence-electron chi connectivity index (χ3n) is 3.17. The first-order valence-corrected chi connectivity index (χ1v) is 7.72. The Bertz CT molecular complexity index is 656. The molecule has 1 N–H and O–H groups in total. The van der Waals surface area contributed by atoms with E-state index in [1.54, 1.807) is 0 Å². The van der Waals surface area contributed by atoms with E-state index in [0.29, 0.717) is 5.88 Å². The Labute approximate surface area is 134 Å². The van der Waals surface area contributed by atoms with Crippen LogP contribution in [0.4, 0.5) is 5.82 Å². The summed E-state index contributed by atoms with van der Waals surface area (Å²) in [5.74, 6) is 3.14. The molecule has 0 aliphatic carbocycles. The van der Waals surface area contributed by atoms with Crippen molar-refractivity contribution in [2.24, 2.45) is 0 Å². The molecular weight excluding hydrogens is 330 g/mol. The molecule has 1 aromatic carbocycles. The minimum Gasteiger partial charge on any atom is -0.437 e. The van der Waals surface area contributed by atoms with Gasteiger partial charge in [0.25, 0.3) is 0 Å². The number of halogens is 1. The molecule has 2 rings (SSSR count). The van der Waals surface area contributed by atoms with Crippen molar-refractivity contribution in [3.05, 3.63) is 39.6 Å². The first kappa shape index (κ1) is 15.8. The molecule has 0 aliphatic heterocycles. The molecule has 1 heterocycles. The normalized spacial score (nSPS) is 10.8. The molecule has 0 unspecified atom stereocenters. The van der Waals surface area contributed by atoms with Crippen LogP contribution >= 0.6 is 15.9 Å². The molecule has 0 saturated heterocycles. The van der Waals surface area contributed by atoms with Crippen LogP contribution in [0.5, 0.6) is 11.6 Å². The van der Waals surface area contributed by atoms with Crippen LogP contribution in [-0.2, 0) is 0 Å². The number of aromatic nitrogens is 2. The van der Waals surface area contributed by atoms with E-state index >= 15 is 0 Å². The smallest absolute Gasteiger partial charge is 0.227 e. The first-order chi connectivity index (χ1) is 9.92. The molecule has 2 aromatic rings. The molecule has 4 nitrogen and oxygen atoms in total. The van der Waals surface area contributed by atoms with Gasteiger partial charge in [-0.25, -0.2) is 4.98 Å². The number of benzene rings is 1. The van der Waals surface area contributed by atoms with Crippen molar-refractivity contribution in [2.75, 3.05) is 12.4 Å². The van der Waals surface area contributed by atoms with Crippen LogP contribution < -0.4 is 10.1 Å². The number of hydrogen-bond acceptors (Lipinski definition) is 4. The highest BCUT2D eigenvalue weighted by atomic mass is 79.9. The van der Waals surface area contributed by atoms with Crippen molar-refractivity contribution in [2.45, 2.75) is 33.6 Å². The second-order valence-corrected chi connectivity index (χ2v) is 6.16. The lowest BCUT2D eigenvalue weighted by Gasteiger charge is -2.15. The molecule has 21 heavy (non-hydrogen) atoms. The topological polar surface area (TPSA) is 47.0 Å². The molecule has 112 valence electrons. The number of anilines is 1. The summed E-state index contributed by atoms with van der Waals surface area (Å²) in [6.45, 7) is 8.12. The van der Waals surface area contributed by atoms with Gasteiger partial charge in [0.2, 0.25) is 5.88 Å². The van der Waals surface area contributed by atoms with Crippen LogP contribution in [0, 0.1) is 13.8 Å². The van der Waals surface area contributed by atoms with Gasteiger partial charge in [-0.1, -0.05) is 19.9 Å². The van der Waals surface area contributed by atoms with Gasteiger partial charge in [0.05, 0.1) is 10.0 Å². The average molecular weight is 350 g/mol. The minimum atomic E-state index is 0.238. The summed E-state index contributed by atoms with van der Waals surface area (Å²) in [6, 6.07) is 5.97. The van der Waals surface area contributed by atoms with Crippen molar-refractivity contribution in [1.29, 1.82) is 0 Å². The molecule has 0 radical (unpaired) electrons. The number of nitrogens with one attached hydrogen (secondary N) is 1. The van der Waals surface area contributed by atoms with Gasteiger partial charge in [0.1, 0.15) is 17.4 Å². The van der Waals surface area contributed by atoms with Gasteiger partial charge >= 0.3 is 0 Å². The fourth-order valence-corrected chi connectivity index (χ4v) is 2.48. The molecule has 0 bridgehead atoms. The van der Waals surface area contributed by atoms with E-state index < -0.39 is 0 Å². The zero-order chi connectivity index (χ0) is 15.6. The maximum Gasteiger partial charge on any atom is 0.227 e. The van der Waals surface area contributed by atoms with Crippen LogP contribution in [0.2, 0.25) is 0 Å². The van der Waals surface area contributed by atoms with Gasteiger partial charge in [-0.05, 0) is 47.5 Å². The molecule has 0 amide bonds. The summed E-state index contributed by atoms with van der Waals surface area (Å²) in [4.78, 5) is 9.06. The minimum absolute atomic E-state index is 0.238. The van der Waals surface area contributed by atoms with Crippen molar-refractivity contribution < 1.29 is 4.74 Å². The zero-order valence-corrected chi connectivity index (χ0v) is 14.6. The molecule has 0 spiro atoms. The van der Waals surface area contributed by atoms with E-state index in [4.69, 9.17) is 4.74 Å². The Kier molecular flexibility index (Phi) is 4.83. The van der Waals surface area contributed by atoms with Crippen LogP contribution in [0.1, 0.15) is 36.7 Å². The fraction of sp³-hybridized carbons (Fsp3) is 0.375. The lowest BCUT2D eigenvalue weighted by Crippen LogP contribution is -2.06. The number of ether oxygens (including phenoxy) is 1. The maximum absolute atomic E-state index is 5.99. The fourth-order valence-electron chi connectivity index (χ4n) is 1.91. The molecule has 0 fully saturated rings. The van der Waals surface area contributed by atoms with Crippen molar-refractivity contribution in [1.82, 2.24) is 9.97 Å². The first-order valence-electron chi connectivity index (χ1n) is 6.92. The predicted molar refractivity (Wildman–Crippen MR) is 89.4 cm³/mol. The third kappa shape index (κ3) is 3.53. The number of hydrogen-bond donors (Lipinski definition) is 1. The summed E-state index contributed by atoms with van der Waals surface area (Å²) < 4.78 is 6.90. The van der Waals surface area contributed by atoms with Crippen molar-refractivity contribution >= 4 is 21.7 Å². The molecule has 0 aliphatic rings. The van der Waals surface area contributed by atoms with E-state index in [1.165, 1.54) is 5.56 Å². The van der Waals surface area contributed by atoms with E-state index in [1.807, 2.05) is 39.1 Å². The third-order valence-corrected chi connectivity index (χ3v) is 3.79. The predicted octanol–water partition coefficient (Wildman–Crippen LogP) is 4.81. The van der Waals surface area contributed by atoms with Crippen LogP contribution in [0.3, 0.4) is 0 Å². The lowest BCUT2D eigenvalue weighted by atomic mass is 10.2. The zero-order valence-electron chi connectivity index (χ0n) is 13.0. The van der Waals surface area contributed by atoms with Gasteiger partial charge < -0.3 is 10.1 Å². The molecular formula is C16H20BrN3O.